The van der Waals surface area contributed by atoms with E-state index in [1.54, 1.807) is 26.2 Å². The number of ether oxygens (including phenoxy) is 2. The molecule has 2 aliphatic heterocycles. The van der Waals surface area contributed by atoms with Gasteiger partial charge in [0.2, 0.25) is 0 Å². The summed E-state index contributed by atoms with van der Waals surface area (Å²) in [5.74, 6) is -0.777. The Morgan fingerprint density at radius 2 is 1.90 bits per heavy atom. The minimum Gasteiger partial charge on any atom is -0.508 e. The number of hydrogen-bond acceptors (Lipinski definition) is 10. The van der Waals surface area contributed by atoms with Gasteiger partial charge in [0.05, 0.1) is 10.9 Å². The van der Waals surface area contributed by atoms with Crippen LogP contribution in [0, 0.1) is 11.6 Å². The Bertz CT molecular complexity index is 1970. The molecule has 13 heteroatoms. The van der Waals surface area contributed by atoms with E-state index in [4.69, 9.17) is 14.5 Å². The maximum Gasteiger partial charge on any atom is 0.409 e. The van der Waals surface area contributed by atoms with Gasteiger partial charge in [0, 0.05) is 44.0 Å². The van der Waals surface area contributed by atoms with E-state index in [2.05, 4.69) is 39.2 Å². The van der Waals surface area contributed by atoms with Gasteiger partial charge in [-0.25, -0.2) is 13.6 Å². The minimum absolute atomic E-state index is 0.0200. The molecule has 0 bridgehead atoms. The molecule has 4 aromatic rings. The van der Waals surface area contributed by atoms with Crippen LogP contribution in [-0.4, -0.2) is 112 Å². The number of carbonyl (C=O) groups is 1. The highest BCUT2D eigenvalue weighted by molar-refractivity contribution is 6.01. The molecule has 3 fully saturated rings. The highest BCUT2D eigenvalue weighted by Gasteiger charge is 2.50. The van der Waals surface area contributed by atoms with Gasteiger partial charge in [0.25, 0.3) is 0 Å². The zero-order valence-corrected chi connectivity index (χ0v) is 30.1. The van der Waals surface area contributed by atoms with E-state index in [1.807, 2.05) is 6.92 Å². The molecule has 1 saturated carbocycles. The monoisotopic (exact) mass is 703 g/mol. The van der Waals surface area contributed by atoms with Gasteiger partial charge in [-0.2, -0.15) is 9.97 Å². The topological polar surface area (TPSA) is 116 Å². The van der Waals surface area contributed by atoms with Gasteiger partial charge in [-0.05, 0) is 107 Å². The number of fused-ring (bicyclic) bond motifs is 3. The first-order valence-corrected chi connectivity index (χ1v) is 17.9. The molecular formula is C38H47F2N7O4. The second-order valence-corrected chi connectivity index (χ2v) is 14.8. The number of anilines is 1. The van der Waals surface area contributed by atoms with E-state index in [1.165, 1.54) is 23.2 Å². The van der Waals surface area contributed by atoms with Gasteiger partial charge in [-0.15, -0.1) is 0 Å². The van der Waals surface area contributed by atoms with Crippen molar-refractivity contribution in [3.8, 4) is 23.0 Å². The number of nitrogens with one attached hydrogen (secondary N) is 1. The minimum atomic E-state index is -0.712. The van der Waals surface area contributed by atoms with E-state index < -0.39 is 11.6 Å². The lowest BCUT2D eigenvalue weighted by Crippen LogP contribution is -2.54. The summed E-state index contributed by atoms with van der Waals surface area (Å²) in [6.07, 6.45) is 8.36. The summed E-state index contributed by atoms with van der Waals surface area (Å²) in [7, 11) is 7.47. The zero-order valence-electron chi connectivity index (χ0n) is 30.1. The number of carbonyl (C=O) groups excluding carboxylic acids is 1. The number of amides is 1. The lowest BCUT2D eigenvalue weighted by molar-refractivity contribution is 0.0484. The van der Waals surface area contributed by atoms with Gasteiger partial charge in [-0.3, -0.25) is 9.88 Å². The van der Waals surface area contributed by atoms with Gasteiger partial charge in [-0.1, -0.05) is 13.0 Å². The predicted octanol–water partition coefficient (Wildman–Crippen LogP) is 6.36. The van der Waals surface area contributed by atoms with Crippen LogP contribution in [0.3, 0.4) is 0 Å². The van der Waals surface area contributed by atoms with Crippen LogP contribution in [0.25, 0.3) is 32.9 Å². The summed E-state index contributed by atoms with van der Waals surface area (Å²) in [4.78, 5) is 32.1. The van der Waals surface area contributed by atoms with Crippen molar-refractivity contribution < 1.29 is 28.2 Å². The van der Waals surface area contributed by atoms with Crippen LogP contribution in [0.5, 0.6) is 11.8 Å². The van der Waals surface area contributed by atoms with Crippen LogP contribution < -0.4 is 10.1 Å². The molecule has 0 unspecified atom stereocenters. The summed E-state index contributed by atoms with van der Waals surface area (Å²) >= 11 is 0. The Morgan fingerprint density at radius 3 is 2.61 bits per heavy atom. The highest BCUT2D eigenvalue weighted by Crippen LogP contribution is 2.44. The number of nitrogens with zero attached hydrogens (tertiary/aromatic N) is 6. The van der Waals surface area contributed by atoms with Crippen LogP contribution in [-0.2, 0) is 11.2 Å². The van der Waals surface area contributed by atoms with E-state index in [0.717, 1.165) is 51.5 Å². The molecule has 4 heterocycles. The molecule has 51 heavy (non-hydrogen) atoms. The summed E-state index contributed by atoms with van der Waals surface area (Å²) in [6.45, 7) is 3.91. The average Bonchev–Trinajstić information content (AvgIpc) is 3.65. The van der Waals surface area contributed by atoms with Gasteiger partial charge in [0.1, 0.15) is 41.8 Å². The van der Waals surface area contributed by atoms with Crippen LogP contribution in [0.2, 0.25) is 0 Å². The first-order valence-electron chi connectivity index (χ1n) is 17.9. The number of aryl methyl sites for hydroxylation is 1. The molecule has 7 rings (SSSR count). The van der Waals surface area contributed by atoms with Crippen LogP contribution >= 0.6 is 0 Å². The number of likely N-dealkylation sites (N-methyl/N-ethyl adjacent to an activating group) is 1. The van der Waals surface area contributed by atoms with Crippen molar-refractivity contribution in [2.24, 2.45) is 0 Å². The summed E-state index contributed by atoms with van der Waals surface area (Å²) in [5.41, 5.74) is 0.347. The van der Waals surface area contributed by atoms with Crippen molar-refractivity contribution in [1.29, 1.82) is 0 Å². The maximum absolute atomic E-state index is 16.9. The summed E-state index contributed by atoms with van der Waals surface area (Å²) in [5, 5.41) is 15.6. The summed E-state index contributed by atoms with van der Waals surface area (Å²) in [6, 6.07) is 6.03. The fourth-order valence-electron chi connectivity index (χ4n) is 8.36. The fraction of sp³-hybridized carbons (Fsp3) is 0.526. The van der Waals surface area contributed by atoms with Crippen molar-refractivity contribution in [3.05, 3.63) is 47.7 Å². The molecule has 2 saturated heterocycles. The highest BCUT2D eigenvalue weighted by atomic mass is 19.1. The molecular weight excluding hydrogens is 656 g/mol. The molecule has 2 N–H and O–H groups in total. The third kappa shape index (κ3) is 6.28. The largest absolute Gasteiger partial charge is 0.508 e. The molecule has 2 aromatic heterocycles. The van der Waals surface area contributed by atoms with E-state index >= 15 is 8.78 Å². The Morgan fingerprint density at radius 1 is 1.10 bits per heavy atom. The number of aromatic nitrogens is 3. The van der Waals surface area contributed by atoms with Crippen molar-refractivity contribution in [1.82, 2.24) is 29.7 Å². The van der Waals surface area contributed by atoms with Crippen LogP contribution in [0.15, 0.2) is 30.5 Å². The van der Waals surface area contributed by atoms with E-state index in [0.29, 0.717) is 53.7 Å². The Labute approximate surface area is 297 Å². The molecule has 3 aliphatic rings. The number of halogens is 2. The molecule has 0 spiro atoms. The normalized spacial score (nSPS) is 21.2. The van der Waals surface area contributed by atoms with Crippen LogP contribution in [0.4, 0.5) is 19.4 Å². The number of phenolic OH excluding ortho intramolecular Hbond substituents is 1. The molecule has 272 valence electrons. The number of phenols is 1. The van der Waals surface area contributed by atoms with Crippen LogP contribution in [0.1, 0.15) is 57.4 Å². The quantitative estimate of drug-likeness (QED) is 0.183. The third-order valence-corrected chi connectivity index (χ3v) is 11.5. The lowest BCUT2D eigenvalue weighted by Gasteiger charge is -2.47. The number of hydrogen-bond donors (Lipinski definition) is 2. The Kier molecular flexibility index (Phi) is 9.38. The second kappa shape index (κ2) is 13.6. The second-order valence-electron chi connectivity index (χ2n) is 14.8. The molecule has 0 radical (unpaired) electrons. The van der Waals surface area contributed by atoms with Crippen molar-refractivity contribution in [2.75, 3.05) is 59.8 Å². The lowest BCUT2D eigenvalue weighted by atomic mass is 9.75. The Balaban J connectivity index is 1.26. The molecule has 1 amide bonds. The molecule has 1 aliphatic carbocycles. The van der Waals surface area contributed by atoms with Gasteiger partial charge >= 0.3 is 12.1 Å². The summed E-state index contributed by atoms with van der Waals surface area (Å²) < 4.78 is 43.9. The van der Waals surface area contributed by atoms with E-state index in [9.17, 15) is 9.90 Å². The van der Waals surface area contributed by atoms with Crippen molar-refractivity contribution >= 4 is 33.6 Å². The first-order chi connectivity index (χ1) is 24.4. The molecule has 2 atom stereocenters. The number of rotatable bonds is 11. The predicted molar refractivity (Wildman–Crippen MR) is 192 cm³/mol. The number of benzene rings is 2. The molecule has 11 nitrogen and oxygen atoms in total. The van der Waals surface area contributed by atoms with Gasteiger partial charge < -0.3 is 29.7 Å². The average molecular weight is 704 g/mol. The third-order valence-electron chi connectivity index (χ3n) is 11.5. The first kappa shape index (κ1) is 35.1. The van der Waals surface area contributed by atoms with Crippen molar-refractivity contribution in [2.45, 2.75) is 75.4 Å². The fourth-order valence-corrected chi connectivity index (χ4v) is 8.36. The zero-order chi connectivity index (χ0) is 36.1. The van der Waals surface area contributed by atoms with Crippen molar-refractivity contribution in [3.63, 3.8) is 0 Å². The Hall–Kier alpha value is -4.36. The number of pyridine rings is 1. The SMILES string of the molecule is CCc1c(F)ccc2cc(O)cc(-c3ncc4c(NCC5(N(C)C)CCC5)nc(OC[C@]56CCCN5[C@@H](COC(=O)N(C)C)CC6)nc4c3F)c12. The maximum atomic E-state index is 16.9. The smallest absolute Gasteiger partial charge is 0.409 e. The standard InChI is InChI=1S/C38H47F2N7O4/c1-6-26-29(39)10-9-23-17-25(48)18-27(30(23)26)32-31(40)33-28(19-41-32)34(42-21-37(46(4)5)12-7-13-37)44-35(43-33)51-22-38-14-8-16-47(38)24(11-15-38)20-50-36(49)45(2)3/h9-10,17-19,24,48H,6-8,11-16,20-22H2,1-5H3,(H,42,43,44)/t24-,38-/m1/s1. The number of aromatic hydroxyl groups is 1. The molecule has 2 aromatic carbocycles. The van der Waals surface area contributed by atoms with E-state index in [-0.39, 0.29) is 51.7 Å². The van der Waals surface area contributed by atoms with Gasteiger partial charge in [0.15, 0.2) is 5.82 Å².